The number of benzene rings is 1. The van der Waals surface area contributed by atoms with Crippen LogP contribution in [0.2, 0.25) is 0 Å². The van der Waals surface area contributed by atoms with Crippen LogP contribution in [0.1, 0.15) is 45.2 Å². The number of likely N-dealkylation sites (tertiary alicyclic amines) is 1. The summed E-state index contributed by atoms with van der Waals surface area (Å²) >= 11 is 0. The second-order valence-electron chi connectivity index (χ2n) is 5.64. The van der Waals surface area contributed by atoms with Crippen LogP contribution in [-0.2, 0) is 0 Å². The molecular weight excluding hydrogens is 248 g/mol. The molecule has 1 aromatic rings. The summed E-state index contributed by atoms with van der Waals surface area (Å²) in [6, 6.07) is 8.80. The van der Waals surface area contributed by atoms with Crippen LogP contribution in [0.5, 0.6) is 5.75 Å². The van der Waals surface area contributed by atoms with Gasteiger partial charge in [-0.15, -0.1) is 0 Å². The molecule has 1 saturated heterocycles. The van der Waals surface area contributed by atoms with E-state index in [0.717, 1.165) is 38.2 Å². The summed E-state index contributed by atoms with van der Waals surface area (Å²) in [5, 5.41) is 10.1. The third kappa shape index (κ3) is 3.15. The van der Waals surface area contributed by atoms with Gasteiger partial charge >= 0.3 is 0 Å². The van der Waals surface area contributed by atoms with E-state index in [0.29, 0.717) is 17.8 Å². The number of rotatable bonds is 6. The van der Waals surface area contributed by atoms with E-state index in [4.69, 9.17) is 0 Å². The van der Waals surface area contributed by atoms with Gasteiger partial charge in [0.2, 0.25) is 0 Å². The first-order valence-electron chi connectivity index (χ1n) is 7.97. The molecular formula is C17H28N2O. The van der Waals surface area contributed by atoms with Crippen molar-refractivity contribution in [2.45, 2.75) is 45.7 Å². The smallest absolute Gasteiger partial charge is 0.120 e. The van der Waals surface area contributed by atoms with E-state index in [2.05, 4.69) is 36.6 Å². The van der Waals surface area contributed by atoms with Crippen molar-refractivity contribution in [3.8, 4) is 5.75 Å². The fourth-order valence-electron chi connectivity index (χ4n) is 3.53. The van der Waals surface area contributed by atoms with E-state index in [1.165, 1.54) is 6.42 Å². The highest BCUT2D eigenvalue weighted by Gasteiger charge is 2.31. The van der Waals surface area contributed by atoms with Crippen LogP contribution in [0.25, 0.3) is 0 Å². The van der Waals surface area contributed by atoms with Gasteiger partial charge in [-0.1, -0.05) is 39.0 Å². The first-order chi connectivity index (χ1) is 9.71. The summed E-state index contributed by atoms with van der Waals surface area (Å²) in [7, 11) is 0. The SMILES string of the molecule is CCC(c1ccccc1O)N1CCC(N(CC)CC)C1. The minimum absolute atomic E-state index is 0.344. The van der Waals surface area contributed by atoms with Gasteiger partial charge in [-0.05, 0) is 32.0 Å². The Morgan fingerprint density at radius 2 is 1.95 bits per heavy atom. The summed E-state index contributed by atoms with van der Waals surface area (Å²) in [5.74, 6) is 0.436. The maximum atomic E-state index is 10.1. The summed E-state index contributed by atoms with van der Waals surface area (Å²) in [6.45, 7) is 11.2. The van der Waals surface area contributed by atoms with Crippen molar-refractivity contribution in [3.63, 3.8) is 0 Å². The van der Waals surface area contributed by atoms with Gasteiger partial charge in [0.15, 0.2) is 0 Å². The number of aromatic hydroxyl groups is 1. The molecule has 0 spiro atoms. The molecule has 3 nitrogen and oxygen atoms in total. The Morgan fingerprint density at radius 3 is 2.55 bits per heavy atom. The zero-order chi connectivity index (χ0) is 14.5. The van der Waals surface area contributed by atoms with E-state index in [9.17, 15) is 5.11 Å². The molecule has 1 heterocycles. The van der Waals surface area contributed by atoms with Gasteiger partial charge in [0.25, 0.3) is 0 Å². The molecule has 112 valence electrons. The Morgan fingerprint density at radius 1 is 1.25 bits per heavy atom. The minimum Gasteiger partial charge on any atom is -0.508 e. The number of nitrogens with zero attached hydrogens (tertiary/aromatic N) is 2. The maximum Gasteiger partial charge on any atom is 0.120 e. The van der Waals surface area contributed by atoms with E-state index < -0.39 is 0 Å². The van der Waals surface area contributed by atoms with Crippen molar-refractivity contribution in [2.24, 2.45) is 0 Å². The van der Waals surface area contributed by atoms with Crippen molar-refractivity contribution >= 4 is 0 Å². The third-order valence-corrected chi connectivity index (χ3v) is 4.65. The van der Waals surface area contributed by atoms with Crippen LogP contribution in [0.4, 0.5) is 0 Å². The fourth-order valence-corrected chi connectivity index (χ4v) is 3.53. The Labute approximate surface area is 123 Å². The Kier molecular flexibility index (Phi) is 5.44. The van der Waals surface area contributed by atoms with Crippen LogP contribution in [0, 0.1) is 0 Å². The molecule has 3 heteroatoms. The summed E-state index contributed by atoms with van der Waals surface area (Å²) < 4.78 is 0. The van der Waals surface area contributed by atoms with E-state index in [1.54, 1.807) is 6.07 Å². The lowest BCUT2D eigenvalue weighted by molar-refractivity contribution is 0.183. The van der Waals surface area contributed by atoms with Gasteiger partial charge in [-0.3, -0.25) is 9.80 Å². The van der Waals surface area contributed by atoms with Gasteiger partial charge in [0.05, 0.1) is 0 Å². The standard InChI is InChI=1S/C17H28N2O/c1-4-16(15-9-7-8-10-17(15)20)19-12-11-14(13-19)18(5-2)6-3/h7-10,14,16,20H,4-6,11-13H2,1-3H3. The Hall–Kier alpha value is -1.06. The first kappa shape index (κ1) is 15.3. The molecule has 0 aliphatic carbocycles. The number of para-hydroxylation sites is 1. The predicted octanol–water partition coefficient (Wildman–Crippen LogP) is 3.26. The molecule has 20 heavy (non-hydrogen) atoms. The van der Waals surface area contributed by atoms with Gasteiger partial charge in [-0.25, -0.2) is 0 Å². The summed E-state index contributed by atoms with van der Waals surface area (Å²) in [5.41, 5.74) is 1.08. The Bertz CT molecular complexity index is 417. The van der Waals surface area contributed by atoms with E-state index in [-0.39, 0.29) is 0 Å². The van der Waals surface area contributed by atoms with Crippen molar-refractivity contribution < 1.29 is 5.11 Å². The summed E-state index contributed by atoms with van der Waals surface area (Å²) in [6.07, 6.45) is 2.29. The van der Waals surface area contributed by atoms with E-state index >= 15 is 0 Å². The second kappa shape index (κ2) is 7.09. The highest BCUT2D eigenvalue weighted by atomic mass is 16.3. The lowest BCUT2D eigenvalue weighted by Gasteiger charge is -2.30. The normalized spacial score (nSPS) is 21.5. The maximum absolute atomic E-state index is 10.1. The van der Waals surface area contributed by atoms with Gasteiger partial charge < -0.3 is 5.11 Å². The third-order valence-electron chi connectivity index (χ3n) is 4.65. The lowest BCUT2D eigenvalue weighted by Crippen LogP contribution is -2.38. The zero-order valence-electron chi connectivity index (χ0n) is 13.0. The average molecular weight is 276 g/mol. The number of phenolic OH excluding ortho intramolecular Hbond substituents is 1. The second-order valence-corrected chi connectivity index (χ2v) is 5.64. The molecule has 1 aliphatic heterocycles. The molecule has 1 aliphatic rings. The van der Waals surface area contributed by atoms with Gasteiger partial charge in [-0.2, -0.15) is 0 Å². The van der Waals surface area contributed by atoms with Crippen molar-refractivity contribution in [2.75, 3.05) is 26.2 Å². The molecule has 0 aromatic heterocycles. The average Bonchev–Trinajstić information content (AvgIpc) is 2.93. The zero-order valence-corrected chi connectivity index (χ0v) is 13.0. The molecule has 2 atom stereocenters. The van der Waals surface area contributed by atoms with Crippen LogP contribution < -0.4 is 0 Å². The summed E-state index contributed by atoms with van der Waals surface area (Å²) in [4.78, 5) is 5.09. The van der Waals surface area contributed by atoms with Crippen LogP contribution in [0.3, 0.4) is 0 Å². The topological polar surface area (TPSA) is 26.7 Å². The number of likely N-dealkylation sites (N-methyl/N-ethyl adjacent to an activating group) is 1. The minimum atomic E-state index is 0.344. The van der Waals surface area contributed by atoms with Crippen LogP contribution in [-0.4, -0.2) is 47.1 Å². The van der Waals surface area contributed by atoms with Crippen LogP contribution in [0.15, 0.2) is 24.3 Å². The highest BCUT2D eigenvalue weighted by Crippen LogP contribution is 2.33. The molecule has 0 saturated carbocycles. The Balaban J connectivity index is 2.09. The monoisotopic (exact) mass is 276 g/mol. The van der Waals surface area contributed by atoms with Crippen molar-refractivity contribution in [1.29, 1.82) is 0 Å². The number of hydrogen-bond acceptors (Lipinski definition) is 3. The highest BCUT2D eigenvalue weighted by molar-refractivity contribution is 5.34. The molecule has 1 fully saturated rings. The van der Waals surface area contributed by atoms with Crippen LogP contribution >= 0.6 is 0 Å². The largest absolute Gasteiger partial charge is 0.508 e. The number of phenols is 1. The van der Waals surface area contributed by atoms with Crippen molar-refractivity contribution in [1.82, 2.24) is 9.80 Å². The van der Waals surface area contributed by atoms with Crippen molar-refractivity contribution in [3.05, 3.63) is 29.8 Å². The molecule has 0 bridgehead atoms. The van der Waals surface area contributed by atoms with Gasteiger partial charge in [0.1, 0.15) is 5.75 Å². The number of hydrogen-bond donors (Lipinski definition) is 1. The fraction of sp³-hybridized carbons (Fsp3) is 0.647. The molecule has 2 unspecified atom stereocenters. The lowest BCUT2D eigenvalue weighted by atomic mass is 10.0. The quantitative estimate of drug-likeness (QED) is 0.864. The first-order valence-corrected chi connectivity index (χ1v) is 7.97. The van der Waals surface area contributed by atoms with E-state index in [1.807, 2.05) is 12.1 Å². The molecule has 1 aromatic carbocycles. The molecule has 1 N–H and O–H groups in total. The molecule has 2 rings (SSSR count). The predicted molar refractivity (Wildman–Crippen MR) is 84.0 cm³/mol. The van der Waals surface area contributed by atoms with Gasteiger partial charge in [0, 0.05) is 30.7 Å². The molecule has 0 radical (unpaired) electrons. The molecule has 0 amide bonds.